The first-order valence-electron chi connectivity index (χ1n) is 8.37. The number of rotatable bonds is 6. The quantitative estimate of drug-likeness (QED) is 0.546. The second-order valence-corrected chi connectivity index (χ2v) is 6.96. The zero-order valence-electron chi connectivity index (χ0n) is 15.3. The Morgan fingerprint density at radius 1 is 1.08 bits per heavy atom. The maximum atomic E-state index is 15.2. The predicted octanol–water partition coefficient (Wildman–Crippen LogP) is 4.70. The SMILES string of the molecule is CCOCCC(=C(F)B1OC(C)(C)C(C)(C)O1)c1c(F)cccc1F. The van der Waals surface area contributed by atoms with Gasteiger partial charge in [-0.1, -0.05) is 6.07 Å². The lowest BCUT2D eigenvalue weighted by Gasteiger charge is -2.32. The van der Waals surface area contributed by atoms with Gasteiger partial charge in [0.15, 0.2) is 0 Å². The average Bonchev–Trinajstić information content (AvgIpc) is 2.73. The van der Waals surface area contributed by atoms with Crippen molar-refractivity contribution < 1.29 is 27.2 Å². The van der Waals surface area contributed by atoms with Gasteiger partial charge in [-0.15, -0.1) is 0 Å². The van der Waals surface area contributed by atoms with Gasteiger partial charge in [0.1, 0.15) is 17.4 Å². The van der Waals surface area contributed by atoms with E-state index in [1.807, 2.05) is 0 Å². The molecule has 1 heterocycles. The molecule has 0 atom stereocenters. The van der Waals surface area contributed by atoms with Crippen molar-refractivity contribution >= 4 is 12.7 Å². The minimum atomic E-state index is -1.32. The molecule has 0 aliphatic carbocycles. The van der Waals surface area contributed by atoms with Gasteiger partial charge in [-0.25, -0.2) is 13.2 Å². The van der Waals surface area contributed by atoms with E-state index in [9.17, 15) is 8.78 Å². The third kappa shape index (κ3) is 4.10. The highest BCUT2D eigenvalue weighted by molar-refractivity contribution is 6.55. The van der Waals surface area contributed by atoms with Crippen molar-refractivity contribution in [3.8, 4) is 0 Å². The largest absolute Gasteiger partial charge is 0.525 e. The van der Waals surface area contributed by atoms with Gasteiger partial charge in [-0.2, -0.15) is 0 Å². The van der Waals surface area contributed by atoms with Crippen LogP contribution in [0.2, 0.25) is 0 Å². The summed E-state index contributed by atoms with van der Waals surface area (Å²) in [6.45, 7) is 9.47. The predicted molar refractivity (Wildman–Crippen MR) is 91.6 cm³/mol. The lowest BCUT2D eigenvalue weighted by atomic mass is 9.81. The van der Waals surface area contributed by atoms with Crippen molar-refractivity contribution in [1.29, 1.82) is 0 Å². The smallest absolute Gasteiger partial charge is 0.398 e. The van der Waals surface area contributed by atoms with E-state index in [0.717, 1.165) is 12.1 Å². The fourth-order valence-corrected chi connectivity index (χ4v) is 2.56. The van der Waals surface area contributed by atoms with Crippen molar-refractivity contribution in [3.63, 3.8) is 0 Å². The number of hydrogen-bond acceptors (Lipinski definition) is 3. The highest BCUT2D eigenvalue weighted by Gasteiger charge is 2.53. The van der Waals surface area contributed by atoms with E-state index in [4.69, 9.17) is 14.0 Å². The fourth-order valence-electron chi connectivity index (χ4n) is 2.56. The Morgan fingerprint density at radius 3 is 2.08 bits per heavy atom. The van der Waals surface area contributed by atoms with Crippen LogP contribution in [0.15, 0.2) is 23.9 Å². The van der Waals surface area contributed by atoms with E-state index in [1.54, 1.807) is 34.6 Å². The minimum absolute atomic E-state index is 0.00159. The summed E-state index contributed by atoms with van der Waals surface area (Å²) >= 11 is 0. The van der Waals surface area contributed by atoms with E-state index in [1.165, 1.54) is 6.07 Å². The molecule has 0 radical (unpaired) electrons. The summed E-state index contributed by atoms with van der Waals surface area (Å²) in [6.07, 6.45) is 0.00159. The average molecular weight is 356 g/mol. The lowest BCUT2D eigenvalue weighted by Crippen LogP contribution is -2.41. The Morgan fingerprint density at radius 2 is 1.60 bits per heavy atom. The highest BCUT2D eigenvalue weighted by atomic mass is 19.1. The molecule has 0 unspecified atom stereocenters. The van der Waals surface area contributed by atoms with E-state index < -0.39 is 41.2 Å². The molecule has 25 heavy (non-hydrogen) atoms. The topological polar surface area (TPSA) is 27.7 Å². The summed E-state index contributed by atoms with van der Waals surface area (Å²) in [5.41, 5.74) is -2.89. The second kappa shape index (κ2) is 7.52. The van der Waals surface area contributed by atoms with Crippen molar-refractivity contribution in [2.45, 2.75) is 52.2 Å². The van der Waals surface area contributed by atoms with Crippen LogP contribution in [0.5, 0.6) is 0 Å². The Kier molecular flexibility index (Phi) is 6.02. The Hall–Kier alpha value is -1.31. The Labute approximate surface area is 147 Å². The van der Waals surface area contributed by atoms with Crippen molar-refractivity contribution in [2.24, 2.45) is 0 Å². The molecule has 138 valence electrons. The van der Waals surface area contributed by atoms with Gasteiger partial charge in [-0.3, -0.25) is 0 Å². The van der Waals surface area contributed by atoms with Crippen LogP contribution in [0.3, 0.4) is 0 Å². The summed E-state index contributed by atoms with van der Waals surface area (Å²) in [7, 11) is -1.32. The maximum absolute atomic E-state index is 15.2. The monoisotopic (exact) mass is 356 g/mol. The lowest BCUT2D eigenvalue weighted by molar-refractivity contribution is 0.00578. The van der Waals surface area contributed by atoms with E-state index in [2.05, 4.69) is 0 Å². The third-order valence-electron chi connectivity index (χ3n) is 4.71. The summed E-state index contributed by atoms with van der Waals surface area (Å²) in [5, 5.41) is 0. The van der Waals surface area contributed by atoms with Crippen LogP contribution < -0.4 is 0 Å². The molecule has 3 nitrogen and oxygen atoms in total. The van der Waals surface area contributed by atoms with Gasteiger partial charge in [0.25, 0.3) is 0 Å². The summed E-state index contributed by atoms with van der Waals surface area (Å²) in [6, 6.07) is 3.42. The number of ether oxygens (including phenoxy) is 1. The van der Waals surface area contributed by atoms with Crippen LogP contribution >= 0.6 is 0 Å². The van der Waals surface area contributed by atoms with Gasteiger partial charge in [-0.05, 0) is 58.7 Å². The van der Waals surface area contributed by atoms with E-state index >= 15 is 4.39 Å². The molecule has 1 aliphatic rings. The van der Waals surface area contributed by atoms with Gasteiger partial charge in [0, 0.05) is 6.61 Å². The molecular formula is C18H24BF3O3. The summed E-state index contributed by atoms with van der Waals surface area (Å²) in [5.74, 6) is -1.67. The van der Waals surface area contributed by atoms with Crippen molar-refractivity contribution in [1.82, 2.24) is 0 Å². The first kappa shape index (κ1) is 20.0. The molecule has 0 bridgehead atoms. The highest BCUT2D eigenvalue weighted by Crippen LogP contribution is 2.41. The maximum Gasteiger partial charge on any atom is 0.525 e. The molecule has 1 aliphatic heterocycles. The van der Waals surface area contributed by atoms with Crippen molar-refractivity contribution in [3.05, 3.63) is 41.1 Å². The minimum Gasteiger partial charge on any atom is -0.398 e. The molecule has 0 N–H and O–H groups in total. The van der Waals surface area contributed by atoms with Crippen LogP contribution in [0, 0.1) is 11.6 Å². The number of hydrogen-bond donors (Lipinski definition) is 0. The normalized spacial score (nSPS) is 19.9. The van der Waals surface area contributed by atoms with Crippen LogP contribution in [-0.2, 0) is 14.0 Å². The molecule has 0 amide bonds. The summed E-state index contributed by atoms with van der Waals surface area (Å²) < 4.78 is 60.1. The molecule has 1 saturated heterocycles. The van der Waals surface area contributed by atoms with Crippen LogP contribution in [0.1, 0.15) is 46.6 Å². The Bertz CT molecular complexity index is 623. The fraction of sp³-hybridized carbons (Fsp3) is 0.556. The van der Waals surface area contributed by atoms with Gasteiger partial charge < -0.3 is 14.0 Å². The van der Waals surface area contributed by atoms with E-state index in [0.29, 0.717) is 6.61 Å². The number of benzene rings is 1. The zero-order valence-corrected chi connectivity index (χ0v) is 15.3. The first-order chi connectivity index (χ1) is 11.6. The molecular weight excluding hydrogens is 332 g/mol. The van der Waals surface area contributed by atoms with Gasteiger partial charge >= 0.3 is 7.12 Å². The molecule has 0 spiro atoms. The van der Waals surface area contributed by atoms with Crippen LogP contribution in [0.4, 0.5) is 13.2 Å². The Balaban J connectivity index is 2.46. The third-order valence-corrected chi connectivity index (χ3v) is 4.71. The molecule has 7 heteroatoms. The molecule has 2 rings (SSSR count). The van der Waals surface area contributed by atoms with Crippen LogP contribution in [0.25, 0.3) is 5.57 Å². The molecule has 1 fully saturated rings. The summed E-state index contributed by atoms with van der Waals surface area (Å²) in [4.78, 5) is 0. The standard InChI is InChI=1S/C18H24BF3O3/c1-6-23-11-10-12(15-13(20)8-7-9-14(15)21)16(22)19-24-17(2,3)18(4,5)25-19/h7-9H,6,10-11H2,1-5H3. The van der Waals surface area contributed by atoms with Gasteiger partial charge in [0.05, 0.1) is 23.4 Å². The molecule has 0 saturated carbocycles. The van der Waals surface area contributed by atoms with Crippen molar-refractivity contribution in [2.75, 3.05) is 13.2 Å². The molecule has 1 aromatic rings. The van der Waals surface area contributed by atoms with Crippen LogP contribution in [-0.4, -0.2) is 31.5 Å². The molecule has 1 aromatic carbocycles. The molecule has 0 aromatic heterocycles. The van der Waals surface area contributed by atoms with E-state index in [-0.39, 0.29) is 18.6 Å². The van der Waals surface area contributed by atoms with Gasteiger partial charge in [0.2, 0.25) is 0 Å². The first-order valence-corrected chi connectivity index (χ1v) is 8.37. The zero-order chi connectivity index (χ0) is 18.8. The number of halogens is 3. The second-order valence-electron chi connectivity index (χ2n) is 6.96.